The number of carbonyl (C=O) groups excluding carboxylic acids is 1. The lowest BCUT2D eigenvalue weighted by molar-refractivity contribution is 0.0745. The lowest BCUT2D eigenvalue weighted by atomic mass is 10.1. The zero-order chi connectivity index (χ0) is 13.7. The van der Waals surface area contributed by atoms with Crippen LogP contribution in [-0.4, -0.2) is 25.2 Å². The van der Waals surface area contributed by atoms with Crippen molar-refractivity contribution in [2.45, 2.75) is 20.0 Å². The van der Waals surface area contributed by atoms with Crippen molar-refractivity contribution in [2.24, 2.45) is 0 Å². The summed E-state index contributed by atoms with van der Waals surface area (Å²) in [6.45, 7) is 4.23. The molecule has 18 heavy (non-hydrogen) atoms. The first-order valence-corrected chi connectivity index (χ1v) is 5.56. The fourth-order valence-corrected chi connectivity index (χ4v) is 1.33. The van der Waals surface area contributed by atoms with E-state index in [1.54, 1.807) is 0 Å². The van der Waals surface area contributed by atoms with Gasteiger partial charge in [-0.3, -0.25) is 4.79 Å². The summed E-state index contributed by atoms with van der Waals surface area (Å²) in [5, 5.41) is 2.42. The van der Waals surface area contributed by atoms with Gasteiger partial charge in [-0.05, 0) is 26.0 Å². The van der Waals surface area contributed by atoms with E-state index in [1.165, 1.54) is 0 Å². The van der Waals surface area contributed by atoms with Gasteiger partial charge in [0, 0.05) is 6.54 Å². The second-order valence-corrected chi connectivity index (χ2v) is 4.03. The highest BCUT2D eigenvalue weighted by Gasteiger charge is 2.15. The molecule has 1 amide bonds. The Balaban J connectivity index is 2.62. The summed E-state index contributed by atoms with van der Waals surface area (Å²) in [6.07, 6.45) is 0.0449. The summed E-state index contributed by atoms with van der Waals surface area (Å²) < 4.78 is 31.7. The summed E-state index contributed by atoms with van der Waals surface area (Å²) in [6, 6.07) is 1.64. The molecule has 0 atom stereocenters. The predicted octanol–water partition coefficient (Wildman–Crippen LogP) is 1.70. The first-order chi connectivity index (χ1) is 8.41. The van der Waals surface area contributed by atoms with E-state index in [1.807, 2.05) is 13.8 Å². The van der Waals surface area contributed by atoms with Crippen LogP contribution in [0.2, 0.25) is 0 Å². The molecule has 0 aliphatic carbocycles. The Morgan fingerprint density at radius 3 is 2.72 bits per heavy atom. The van der Waals surface area contributed by atoms with Crippen LogP contribution in [0.3, 0.4) is 0 Å². The molecule has 1 aromatic carbocycles. The van der Waals surface area contributed by atoms with E-state index in [2.05, 4.69) is 5.32 Å². The molecule has 0 unspecified atom stereocenters. The molecule has 0 saturated carbocycles. The van der Waals surface area contributed by atoms with Gasteiger partial charge in [0.2, 0.25) is 0 Å². The molecular weight excluding hydrogens is 242 g/mol. The third-order valence-electron chi connectivity index (χ3n) is 2.15. The number of ether oxygens (including phenoxy) is 1. The molecule has 0 bridgehead atoms. The maximum atomic E-state index is 13.5. The van der Waals surface area contributed by atoms with E-state index in [4.69, 9.17) is 10.5 Å². The Morgan fingerprint density at radius 1 is 1.44 bits per heavy atom. The number of benzene rings is 1. The number of nitrogens with two attached hydrogens (primary N) is 1. The highest BCUT2D eigenvalue weighted by Crippen LogP contribution is 2.17. The van der Waals surface area contributed by atoms with Crippen LogP contribution >= 0.6 is 0 Å². The van der Waals surface area contributed by atoms with Crippen molar-refractivity contribution < 1.29 is 18.3 Å². The van der Waals surface area contributed by atoms with E-state index >= 15 is 0 Å². The third kappa shape index (κ3) is 3.96. The molecule has 0 aliphatic heterocycles. The monoisotopic (exact) mass is 258 g/mol. The summed E-state index contributed by atoms with van der Waals surface area (Å²) in [5.74, 6) is -2.39. The van der Waals surface area contributed by atoms with Gasteiger partial charge in [-0.2, -0.15) is 0 Å². The topological polar surface area (TPSA) is 64.3 Å². The van der Waals surface area contributed by atoms with Crippen molar-refractivity contribution in [3.8, 4) is 0 Å². The fourth-order valence-electron chi connectivity index (χ4n) is 1.33. The van der Waals surface area contributed by atoms with E-state index < -0.39 is 28.8 Å². The molecule has 1 aromatic rings. The van der Waals surface area contributed by atoms with Crippen LogP contribution < -0.4 is 11.1 Å². The Hall–Kier alpha value is -1.69. The number of nitrogen functional groups attached to an aromatic ring is 1. The number of hydrogen-bond donors (Lipinski definition) is 2. The van der Waals surface area contributed by atoms with Crippen LogP contribution in [0, 0.1) is 11.6 Å². The summed E-state index contributed by atoms with van der Waals surface area (Å²) >= 11 is 0. The molecular formula is C12H16F2N2O2. The van der Waals surface area contributed by atoms with Gasteiger partial charge in [-0.25, -0.2) is 8.78 Å². The summed E-state index contributed by atoms with van der Waals surface area (Å²) in [4.78, 5) is 11.6. The SMILES string of the molecule is CC(C)OCCNC(=O)c1cc(F)cc(N)c1F. The van der Waals surface area contributed by atoms with E-state index in [9.17, 15) is 13.6 Å². The van der Waals surface area contributed by atoms with Crippen molar-refractivity contribution in [3.05, 3.63) is 29.3 Å². The van der Waals surface area contributed by atoms with E-state index in [-0.39, 0.29) is 12.6 Å². The maximum absolute atomic E-state index is 13.5. The molecule has 0 spiro atoms. The number of nitrogens with one attached hydrogen (secondary N) is 1. The van der Waals surface area contributed by atoms with Gasteiger partial charge in [-0.15, -0.1) is 0 Å². The second kappa shape index (κ2) is 6.30. The van der Waals surface area contributed by atoms with Gasteiger partial charge < -0.3 is 15.8 Å². The number of hydrogen-bond acceptors (Lipinski definition) is 3. The third-order valence-corrected chi connectivity index (χ3v) is 2.15. The van der Waals surface area contributed by atoms with E-state index in [0.29, 0.717) is 6.61 Å². The fraction of sp³-hybridized carbons (Fsp3) is 0.417. The Kier molecular flexibility index (Phi) is 5.03. The van der Waals surface area contributed by atoms with Gasteiger partial charge in [-0.1, -0.05) is 0 Å². The molecule has 0 saturated heterocycles. The molecule has 4 nitrogen and oxygen atoms in total. The number of amides is 1. The van der Waals surface area contributed by atoms with Crippen molar-refractivity contribution in [1.82, 2.24) is 5.32 Å². The number of carbonyl (C=O) groups is 1. The number of rotatable bonds is 5. The lowest BCUT2D eigenvalue weighted by Gasteiger charge is -2.09. The minimum atomic E-state index is -0.918. The van der Waals surface area contributed by atoms with Crippen LogP contribution in [0.5, 0.6) is 0 Å². The standard InChI is InChI=1S/C12H16F2N2O2/c1-7(2)18-4-3-16-12(17)9-5-8(13)6-10(15)11(9)14/h5-7H,3-4,15H2,1-2H3,(H,16,17). The molecule has 0 fully saturated rings. The molecule has 0 aliphatic rings. The quantitative estimate of drug-likeness (QED) is 0.624. The van der Waals surface area contributed by atoms with Gasteiger partial charge in [0.05, 0.1) is 24.0 Å². The van der Waals surface area contributed by atoms with Crippen LogP contribution in [0.25, 0.3) is 0 Å². The Bertz CT molecular complexity index is 436. The average molecular weight is 258 g/mol. The van der Waals surface area contributed by atoms with Crippen LogP contribution in [0.4, 0.5) is 14.5 Å². The van der Waals surface area contributed by atoms with Crippen LogP contribution in [0.1, 0.15) is 24.2 Å². The highest BCUT2D eigenvalue weighted by molar-refractivity contribution is 5.95. The minimum Gasteiger partial charge on any atom is -0.396 e. The maximum Gasteiger partial charge on any atom is 0.254 e. The van der Waals surface area contributed by atoms with Crippen LogP contribution in [-0.2, 0) is 4.74 Å². The number of halogens is 2. The molecule has 0 aromatic heterocycles. The normalized spacial score (nSPS) is 10.7. The van der Waals surface area contributed by atoms with Gasteiger partial charge in [0.25, 0.3) is 5.91 Å². The molecule has 1 rings (SSSR count). The molecule has 0 heterocycles. The van der Waals surface area contributed by atoms with Gasteiger partial charge >= 0.3 is 0 Å². The van der Waals surface area contributed by atoms with Crippen LogP contribution in [0.15, 0.2) is 12.1 Å². The zero-order valence-electron chi connectivity index (χ0n) is 10.3. The molecule has 3 N–H and O–H groups in total. The smallest absolute Gasteiger partial charge is 0.254 e. The summed E-state index contributed by atoms with van der Waals surface area (Å²) in [5.41, 5.74) is 4.44. The first kappa shape index (κ1) is 14.4. The second-order valence-electron chi connectivity index (χ2n) is 4.03. The number of anilines is 1. The van der Waals surface area contributed by atoms with Crippen molar-refractivity contribution in [3.63, 3.8) is 0 Å². The zero-order valence-corrected chi connectivity index (χ0v) is 10.3. The largest absolute Gasteiger partial charge is 0.396 e. The van der Waals surface area contributed by atoms with Crippen molar-refractivity contribution >= 4 is 11.6 Å². The molecule has 100 valence electrons. The first-order valence-electron chi connectivity index (χ1n) is 5.56. The average Bonchev–Trinajstić information content (AvgIpc) is 2.28. The van der Waals surface area contributed by atoms with E-state index in [0.717, 1.165) is 12.1 Å². The Labute approximate surface area is 104 Å². The predicted molar refractivity (Wildman–Crippen MR) is 64.2 cm³/mol. The van der Waals surface area contributed by atoms with Gasteiger partial charge in [0.15, 0.2) is 5.82 Å². The molecule has 6 heteroatoms. The lowest BCUT2D eigenvalue weighted by Crippen LogP contribution is -2.29. The Morgan fingerprint density at radius 2 is 2.11 bits per heavy atom. The minimum absolute atomic E-state index is 0.0449. The highest BCUT2D eigenvalue weighted by atomic mass is 19.1. The molecule has 0 radical (unpaired) electrons. The summed E-state index contributed by atoms with van der Waals surface area (Å²) in [7, 11) is 0. The van der Waals surface area contributed by atoms with Gasteiger partial charge in [0.1, 0.15) is 5.82 Å². The van der Waals surface area contributed by atoms with Crippen molar-refractivity contribution in [2.75, 3.05) is 18.9 Å². The van der Waals surface area contributed by atoms with Crippen molar-refractivity contribution in [1.29, 1.82) is 0 Å².